The summed E-state index contributed by atoms with van der Waals surface area (Å²) in [4.78, 5) is 35.2. The fourth-order valence-electron chi connectivity index (χ4n) is 4.74. The Bertz CT molecular complexity index is 1850. The largest absolute Gasteiger partial charge is 0.573 e. The van der Waals surface area contributed by atoms with E-state index in [0.29, 0.717) is 28.3 Å². The Balaban J connectivity index is 1.27. The number of aryl methyl sites for hydroxylation is 3. The summed E-state index contributed by atoms with van der Waals surface area (Å²) in [5, 5.41) is 16.8. The number of nitrogens with one attached hydrogen (secondary N) is 1. The maximum atomic E-state index is 12.7. The Labute approximate surface area is 259 Å². The summed E-state index contributed by atoms with van der Waals surface area (Å²) < 4.78 is 42.5. The van der Waals surface area contributed by atoms with Crippen molar-refractivity contribution < 1.29 is 27.5 Å². The highest BCUT2D eigenvalue weighted by molar-refractivity contribution is 8.15. The van der Waals surface area contributed by atoms with Gasteiger partial charge in [-0.3, -0.25) is 9.69 Å². The number of amides is 3. The Morgan fingerprint density at radius 1 is 1.09 bits per heavy atom. The second kappa shape index (κ2) is 12.7. The molecular weight excluding hydrogens is 607 g/mol. The van der Waals surface area contributed by atoms with Crippen molar-refractivity contribution in [3.8, 4) is 28.9 Å². The van der Waals surface area contributed by atoms with Gasteiger partial charge in [0.1, 0.15) is 18.1 Å². The number of carbonyl (C=O) groups excluding carboxylic acids is 2. The van der Waals surface area contributed by atoms with Crippen LogP contribution in [0.25, 0.3) is 22.6 Å². The molecule has 1 N–H and O–H groups in total. The second-order valence-electron chi connectivity index (χ2n) is 9.91. The summed E-state index contributed by atoms with van der Waals surface area (Å²) in [6.07, 6.45) is -2.12. The number of ether oxygens (including phenoxy) is 1. The van der Waals surface area contributed by atoms with Crippen LogP contribution in [-0.4, -0.2) is 44.0 Å². The van der Waals surface area contributed by atoms with Gasteiger partial charge in [0.15, 0.2) is 11.0 Å². The summed E-state index contributed by atoms with van der Waals surface area (Å²) >= 11 is 1.16. The van der Waals surface area contributed by atoms with E-state index in [-0.39, 0.29) is 28.2 Å². The number of carbonyl (C=O) groups is 2. The molecule has 4 aromatic rings. The molecule has 1 aromatic heterocycles. The summed E-state index contributed by atoms with van der Waals surface area (Å²) in [7, 11) is 0. The number of aliphatic imine (C=N–C) groups is 1. The van der Waals surface area contributed by atoms with Crippen LogP contribution in [-0.2, 0) is 4.79 Å². The van der Waals surface area contributed by atoms with Gasteiger partial charge in [0.05, 0.1) is 22.7 Å². The van der Waals surface area contributed by atoms with Crippen LogP contribution < -0.4 is 15.0 Å². The van der Waals surface area contributed by atoms with Gasteiger partial charge in [0, 0.05) is 11.8 Å². The van der Waals surface area contributed by atoms with Crippen molar-refractivity contribution in [2.24, 2.45) is 4.99 Å². The number of nitrogens with zero attached hydrogens (tertiary/aromatic N) is 6. The molecule has 0 radical (unpaired) electrons. The van der Waals surface area contributed by atoms with E-state index < -0.39 is 12.4 Å². The number of amidine groups is 1. The van der Waals surface area contributed by atoms with Gasteiger partial charge in [-0.1, -0.05) is 53.7 Å². The number of alkyl halides is 3. The summed E-state index contributed by atoms with van der Waals surface area (Å²) in [6, 6.07) is 17.1. The normalized spacial score (nSPS) is 14.5. The molecule has 14 heteroatoms. The number of thioether (sulfide) groups is 1. The number of anilines is 1. The van der Waals surface area contributed by atoms with E-state index in [4.69, 9.17) is 0 Å². The van der Waals surface area contributed by atoms with E-state index in [1.54, 1.807) is 24.3 Å². The molecule has 0 unspecified atom stereocenters. The highest BCUT2D eigenvalue weighted by Crippen LogP contribution is 2.33. The molecule has 1 aliphatic heterocycles. The first-order valence-corrected chi connectivity index (χ1v) is 14.3. The predicted molar refractivity (Wildman–Crippen MR) is 164 cm³/mol. The molecule has 0 saturated carbocycles. The van der Waals surface area contributed by atoms with Crippen molar-refractivity contribution in [1.82, 2.24) is 20.1 Å². The third kappa shape index (κ3) is 7.22. The minimum absolute atomic E-state index is 0.154. The number of benzene rings is 3. The van der Waals surface area contributed by atoms with E-state index in [2.05, 4.69) is 25.1 Å². The fourth-order valence-corrected chi connectivity index (χ4v) is 5.59. The quantitative estimate of drug-likeness (QED) is 0.242. The number of hydrogen-bond acceptors (Lipinski definition) is 7. The average molecular weight is 632 g/mol. The predicted octanol–water partition coefficient (Wildman–Crippen LogP) is 6.47. The Hall–Kier alpha value is -5.42. The monoisotopic (exact) mass is 631 g/mol. The molecule has 10 nitrogen and oxygen atoms in total. The van der Waals surface area contributed by atoms with Crippen LogP contribution in [0.1, 0.15) is 22.3 Å². The number of aromatic nitrogens is 3. The maximum absolute atomic E-state index is 12.7. The third-order valence-electron chi connectivity index (χ3n) is 6.56. The van der Waals surface area contributed by atoms with Crippen LogP contribution in [0, 0.1) is 32.1 Å². The number of nitriles is 1. The van der Waals surface area contributed by atoms with Crippen LogP contribution in [0.2, 0.25) is 0 Å². The van der Waals surface area contributed by atoms with Gasteiger partial charge >= 0.3 is 12.4 Å². The zero-order valence-electron chi connectivity index (χ0n) is 24.1. The van der Waals surface area contributed by atoms with E-state index in [1.807, 2.05) is 39.0 Å². The molecule has 228 valence electrons. The molecule has 5 rings (SSSR count). The average Bonchev–Trinajstić information content (AvgIpc) is 3.61. The van der Waals surface area contributed by atoms with Crippen molar-refractivity contribution in [1.29, 1.82) is 5.26 Å². The number of allylic oxidation sites excluding steroid dienone is 1. The summed E-state index contributed by atoms with van der Waals surface area (Å²) in [5.41, 5.74) is 5.30. The SMILES string of the molecule is Cc1cc(C)c(N2C(=O)CS/C2=N\C(=O)N/C=C(\C#N)c2ccc(-c3ncn(-c4ccc(OC(F)(F)F)cc4)n3)cc2)c(C)c1. The van der Waals surface area contributed by atoms with Crippen molar-refractivity contribution in [3.05, 3.63) is 95.4 Å². The lowest BCUT2D eigenvalue weighted by Crippen LogP contribution is -2.32. The van der Waals surface area contributed by atoms with Crippen molar-refractivity contribution in [2.75, 3.05) is 10.7 Å². The molecule has 3 amide bonds. The van der Waals surface area contributed by atoms with Crippen LogP contribution in [0.15, 0.2) is 78.2 Å². The standard InChI is InChI=1S/C31H24F3N7O3S/c1-18-12-19(2)27(20(3)13-18)41-26(42)16-45-30(41)38-29(43)36-15-23(14-35)21-4-6-22(7-5-21)28-37-17-40(39-28)24-8-10-25(11-9-24)44-31(32,33)34/h4-13,15,17H,16H2,1-3H3,(H,36,43)/b23-15+,38-30-. The first kappa shape index (κ1) is 31.0. The fraction of sp³-hybridized carbons (Fsp3) is 0.161. The minimum atomic E-state index is -4.78. The molecule has 0 aliphatic carbocycles. The van der Waals surface area contributed by atoms with Gasteiger partial charge in [-0.2, -0.15) is 10.3 Å². The number of urea groups is 1. The molecule has 3 aromatic carbocycles. The molecule has 2 heterocycles. The summed E-state index contributed by atoms with van der Waals surface area (Å²) in [5.74, 6) is -0.0337. The van der Waals surface area contributed by atoms with Gasteiger partial charge in [-0.15, -0.1) is 18.3 Å². The lowest BCUT2D eigenvalue weighted by Gasteiger charge is -2.21. The smallest absolute Gasteiger partial charge is 0.406 e. The van der Waals surface area contributed by atoms with E-state index in [9.17, 15) is 28.0 Å². The van der Waals surface area contributed by atoms with Gasteiger partial charge in [-0.25, -0.2) is 14.5 Å². The van der Waals surface area contributed by atoms with Crippen molar-refractivity contribution in [2.45, 2.75) is 27.1 Å². The van der Waals surface area contributed by atoms with E-state index >= 15 is 0 Å². The lowest BCUT2D eigenvalue weighted by molar-refractivity contribution is -0.274. The minimum Gasteiger partial charge on any atom is -0.406 e. The molecule has 0 atom stereocenters. The van der Waals surface area contributed by atoms with Crippen molar-refractivity contribution >= 4 is 40.1 Å². The van der Waals surface area contributed by atoms with Gasteiger partial charge < -0.3 is 10.1 Å². The van der Waals surface area contributed by atoms with Gasteiger partial charge in [-0.05, 0) is 61.7 Å². The highest BCUT2D eigenvalue weighted by atomic mass is 32.2. The first-order chi connectivity index (χ1) is 21.4. The van der Waals surface area contributed by atoms with Gasteiger partial charge in [0.2, 0.25) is 5.91 Å². The second-order valence-corrected chi connectivity index (χ2v) is 10.9. The zero-order chi connectivity index (χ0) is 32.3. The molecule has 1 aliphatic rings. The molecular formula is C31H24F3N7O3S. The van der Waals surface area contributed by atoms with Crippen LogP contribution in [0.4, 0.5) is 23.7 Å². The van der Waals surface area contributed by atoms with Crippen LogP contribution >= 0.6 is 11.8 Å². The Morgan fingerprint density at radius 3 is 2.38 bits per heavy atom. The third-order valence-corrected chi connectivity index (χ3v) is 7.49. The molecule has 1 fully saturated rings. The first-order valence-electron chi connectivity index (χ1n) is 13.3. The summed E-state index contributed by atoms with van der Waals surface area (Å²) in [6.45, 7) is 5.77. The number of hydrogen-bond donors (Lipinski definition) is 1. The topological polar surface area (TPSA) is 126 Å². The Morgan fingerprint density at radius 2 is 1.76 bits per heavy atom. The zero-order valence-corrected chi connectivity index (χ0v) is 24.9. The lowest BCUT2D eigenvalue weighted by atomic mass is 10.0. The highest BCUT2D eigenvalue weighted by Gasteiger charge is 2.33. The van der Waals surface area contributed by atoms with Gasteiger partial charge in [0.25, 0.3) is 0 Å². The van der Waals surface area contributed by atoms with Crippen molar-refractivity contribution in [3.63, 3.8) is 0 Å². The van der Waals surface area contributed by atoms with E-state index in [1.165, 1.54) is 46.4 Å². The molecule has 0 bridgehead atoms. The van der Waals surface area contributed by atoms with E-state index in [0.717, 1.165) is 28.5 Å². The van der Waals surface area contributed by atoms with Crippen LogP contribution in [0.3, 0.4) is 0 Å². The molecule has 1 saturated heterocycles. The molecule has 45 heavy (non-hydrogen) atoms. The Kier molecular flexibility index (Phi) is 8.73. The number of rotatable bonds is 6. The maximum Gasteiger partial charge on any atom is 0.573 e. The molecule has 0 spiro atoms. The number of halogens is 3. The van der Waals surface area contributed by atoms with Crippen LogP contribution in [0.5, 0.6) is 5.75 Å².